The van der Waals surface area contributed by atoms with E-state index < -0.39 is 114 Å². The molecule has 1 aromatic rings. The molecule has 1 aliphatic heterocycles. The van der Waals surface area contributed by atoms with Crippen LogP contribution in [0.5, 0.6) is 5.75 Å². The Labute approximate surface area is 375 Å². The Bertz CT molecular complexity index is 1910. The molecule has 2 rings (SSSR count). The van der Waals surface area contributed by atoms with E-state index >= 15 is 0 Å². The molecule has 0 unspecified atom stereocenters. The predicted octanol–water partition coefficient (Wildman–Crippen LogP) is -4.86. The van der Waals surface area contributed by atoms with Gasteiger partial charge in [-0.3, -0.25) is 48.1 Å². The molecule has 0 saturated carbocycles. The Balaban J connectivity index is 2.20. The number of carbonyl (C=O) groups excluding carboxylic acids is 9. The summed E-state index contributed by atoms with van der Waals surface area (Å²) in [7, 11) is 0. The Morgan fingerprint density at radius 1 is 0.785 bits per heavy atom. The molecule has 0 radical (unpaired) electrons. The molecular weight excluding hydrogens is 855 g/mol. The number of benzene rings is 1. The van der Waals surface area contributed by atoms with Crippen LogP contribution in [-0.4, -0.2) is 142 Å². The van der Waals surface area contributed by atoms with Gasteiger partial charge in [0, 0.05) is 25.9 Å². The second-order valence-corrected chi connectivity index (χ2v) is 15.7. The van der Waals surface area contributed by atoms with Gasteiger partial charge in [-0.2, -0.15) is 0 Å². The van der Waals surface area contributed by atoms with E-state index in [1.165, 1.54) is 31.2 Å². The SMILES string of the molecule is CC[C@H](C)[C@H](N)C(=O)N[C@@H](Cc1ccc(O)cc1)C(=O)N[C@@H](CC(N)=O)C(=O)N1CCC[C@H]1C(=O)N[C@@H](CCC(N)=O)C(=O)N[C@@H](C)C(=O)NCC(=O)N[C@@H](CCCN=C(N)N)C(=O)O. The lowest BCUT2D eigenvalue weighted by Crippen LogP contribution is -2.60. The number of hydrogen-bond donors (Lipinski definition) is 13. The van der Waals surface area contributed by atoms with Crippen molar-refractivity contribution in [1.29, 1.82) is 0 Å². The van der Waals surface area contributed by atoms with Crippen LogP contribution in [0.3, 0.4) is 0 Å². The van der Waals surface area contributed by atoms with E-state index in [9.17, 15) is 58.2 Å². The fraction of sp³-hybridized carbons (Fsp3) is 0.575. The number of carbonyl (C=O) groups is 10. The number of carboxylic acids is 1. The van der Waals surface area contributed by atoms with Gasteiger partial charge < -0.3 is 75.7 Å². The highest BCUT2D eigenvalue weighted by molar-refractivity contribution is 5.99. The van der Waals surface area contributed by atoms with Crippen LogP contribution < -0.4 is 60.6 Å². The van der Waals surface area contributed by atoms with E-state index in [1.807, 2.05) is 6.92 Å². The summed E-state index contributed by atoms with van der Waals surface area (Å²) in [6, 6.07) is -3.50. The van der Waals surface area contributed by atoms with E-state index in [1.54, 1.807) is 6.92 Å². The summed E-state index contributed by atoms with van der Waals surface area (Å²) in [6.45, 7) is 4.28. The third kappa shape index (κ3) is 18.7. The topological polar surface area (TPSA) is 429 Å². The van der Waals surface area contributed by atoms with Crippen molar-refractivity contribution in [3.8, 4) is 5.75 Å². The zero-order valence-corrected chi connectivity index (χ0v) is 36.7. The normalized spacial score (nSPS) is 16.4. The number of hydrogen-bond acceptors (Lipinski definition) is 13. The summed E-state index contributed by atoms with van der Waals surface area (Å²) >= 11 is 0. The number of carboxylic acid groups (broad SMARTS) is 1. The van der Waals surface area contributed by atoms with Gasteiger partial charge in [-0.15, -0.1) is 0 Å². The smallest absolute Gasteiger partial charge is 0.326 e. The molecule has 1 aliphatic rings. The maximum Gasteiger partial charge on any atom is 0.326 e. The lowest BCUT2D eigenvalue weighted by atomic mass is 9.98. The Morgan fingerprint density at radius 2 is 1.42 bits per heavy atom. The van der Waals surface area contributed by atoms with E-state index in [0.717, 1.165) is 4.90 Å². The highest BCUT2D eigenvalue weighted by Gasteiger charge is 2.40. The van der Waals surface area contributed by atoms with Gasteiger partial charge in [0.2, 0.25) is 53.2 Å². The standard InChI is InChI=1S/C40H63N13O12/c1-4-20(2)32(43)37(62)51-26(17-22-9-11-23(54)12-10-22)35(60)52-27(18-30(42)56)38(63)53-16-6-8-28(53)36(61)50-24(13-14-29(41)55)34(59)48-21(3)33(58)47-19-31(57)49-25(39(64)65)7-5-15-46-40(44)45/h9-12,20-21,24-28,32,54H,4-8,13-19,43H2,1-3H3,(H2,41,55)(H2,42,56)(H,47,58)(H,48,59)(H,49,57)(H,50,61)(H,51,62)(H,52,60)(H,64,65)(H4,44,45,46)/t20-,21-,24-,25-,26-,27-,28-,32-/m0/s1. The van der Waals surface area contributed by atoms with Gasteiger partial charge in [0.05, 0.1) is 19.0 Å². The first-order chi connectivity index (χ1) is 30.5. The maximum atomic E-state index is 14.1. The highest BCUT2D eigenvalue weighted by Crippen LogP contribution is 2.21. The van der Waals surface area contributed by atoms with E-state index in [2.05, 4.69) is 36.9 Å². The first kappa shape index (κ1) is 54.1. The Hall–Kier alpha value is -7.05. The maximum absolute atomic E-state index is 14.1. The molecule has 1 aromatic carbocycles. The summed E-state index contributed by atoms with van der Waals surface area (Å²) in [5, 5.41) is 33.7. The quantitative estimate of drug-likeness (QED) is 0.0224. The molecule has 1 saturated heterocycles. The third-order valence-corrected chi connectivity index (χ3v) is 10.5. The number of nitrogens with two attached hydrogens (primary N) is 5. The van der Waals surface area contributed by atoms with Gasteiger partial charge >= 0.3 is 5.97 Å². The molecule has 25 heteroatoms. The van der Waals surface area contributed by atoms with Gasteiger partial charge in [-0.25, -0.2) is 4.79 Å². The van der Waals surface area contributed by atoms with Crippen molar-refractivity contribution in [3.63, 3.8) is 0 Å². The summed E-state index contributed by atoms with van der Waals surface area (Å²) < 4.78 is 0. The number of aliphatic imine (C=N–C) groups is 1. The largest absolute Gasteiger partial charge is 0.508 e. The molecule has 0 aliphatic carbocycles. The van der Waals surface area contributed by atoms with Crippen LogP contribution in [0.2, 0.25) is 0 Å². The molecule has 0 bridgehead atoms. The van der Waals surface area contributed by atoms with Gasteiger partial charge in [-0.1, -0.05) is 32.4 Å². The predicted molar refractivity (Wildman–Crippen MR) is 232 cm³/mol. The first-order valence-corrected chi connectivity index (χ1v) is 21.0. The lowest BCUT2D eigenvalue weighted by Gasteiger charge is -2.30. The van der Waals surface area contributed by atoms with Crippen molar-refractivity contribution in [2.45, 2.75) is 121 Å². The van der Waals surface area contributed by atoms with Crippen molar-refractivity contribution in [1.82, 2.24) is 36.8 Å². The second-order valence-electron chi connectivity index (χ2n) is 15.7. The van der Waals surface area contributed by atoms with Crippen LogP contribution in [0.25, 0.3) is 0 Å². The lowest BCUT2D eigenvalue weighted by molar-refractivity contribution is -0.143. The summed E-state index contributed by atoms with van der Waals surface area (Å²) in [5.74, 6) is -9.57. The minimum absolute atomic E-state index is 0.0202. The van der Waals surface area contributed by atoms with Gasteiger partial charge in [0.15, 0.2) is 5.96 Å². The van der Waals surface area contributed by atoms with Crippen molar-refractivity contribution in [3.05, 3.63) is 29.8 Å². The van der Waals surface area contributed by atoms with Gasteiger partial charge in [0.1, 0.15) is 42.0 Å². The molecule has 8 atom stereocenters. The number of amides is 9. The van der Waals surface area contributed by atoms with Crippen LogP contribution in [0.15, 0.2) is 29.3 Å². The number of phenolic OH excluding ortho intramolecular Hbond substituents is 1. The van der Waals surface area contributed by atoms with Gasteiger partial charge in [-0.05, 0) is 62.6 Å². The number of nitrogens with zero attached hydrogens (tertiary/aromatic N) is 2. The molecule has 65 heavy (non-hydrogen) atoms. The van der Waals surface area contributed by atoms with Crippen molar-refractivity contribution < 1.29 is 58.2 Å². The molecule has 1 fully saturated rings. The number of aromatic hydroxyl groups is 1. The van der Waals surface area contributed by atoms with Gasteiger partial charge in [0.25, 0.3) is 0 Å². The van der Waals surface area contributed by atoms with Crippen molar-refractivity contribution >= 4 is 65.1 Å². The van der Waals surface area contributed by atoms with Crippen LogP contribution >= 0.6 is 0 Å². The number of guanidine groups is 1. The number of primary amides is 2. The molecular formula is C40H63N13O12. The summed E-state index contributed by atoms with van der Waals surface area (Å²) in [6.07, 6.45) is -0.419. The zero-order valence-electron chi connectivity index (χ0n) is 36.7. The Kier molecular flexibility index (Phi) is 22.1. The van der Waals surface area contributed by atoms with Crippen LogP contribution in [0.4, 0.5) is 0 Å². The number of rotatable bonds is 27. The van der Waals surface area contributed by atoms with Crippen LogP contribution in [0.1, 0.15) is 77.7 Å². The van der Waals surface area contributed by atoms with E-state index in [0.29, 0.717) is 12.0 Å². The third-order valence-electron chi connectivity index (χ3n) is 10.5. The molecule has 9 amide bonds. The average Bonchev–Trinajstić information content (AvgIpc) is 3.74. The molecule has 360 valence electrons. The highest BCUT2D eigenvalue weighted by atomic mass is 16.4. The van der Waals surface area contributed by atoms with E-state index in [4.69, 9.17) is 28.7 Å². The number of phenols is 1. The Morgan fingerprint density at radius 3 is 2.00 bits per heavy atom. The summed E-state index contributed by atoms with van der Waals surface area (Å²) in [4.78, 5) is 134. The second kappa shape index (κ2) is 26.5. The number of likely N-dealkylation sites (tertiary alicyclic amines) is 1. The minimum Gasteiger partial charge on any atom is -0.508 e. The number of aliphatic carboxylic acids is 1. The van der Waals surface area contributed by atoms with Crippen molar-refractivity contribution in [2.75, 3.05) is 19.6 Å². The molecule has 18 N–H and O–H groups in total. The fourth-order valence-electron chi connectivity index (χ4n) is 6.56. The first-order valence-electron chi connectivity index (χ1n) is 21.0. The molecule has 0 aromatic heterocycles. The minimum atomic E-state index is -1.61. The monoisotopic (exact) mass is 917 g/mol. The molecule has 1 heterocycles. The average molecular weight is 918 g/mol. The summed E-state index contributed by atoms with van der Waals surface area (Å²) in [5.41, 5.74) is 27.9. The molecule has 25 nitrogen and oxygen atoms in total. The van der Waals surface area contributed by atoms with Crippen LogP contribution in [0, 0.1) is 5.92 Å². The molecule has 0 spiro atoms. The zero-order chi connectivity index (χ0) is 49.0. The van der Waals surface area contributed by atoms with Crippen molar-refractivity contribution in [2.24, 2.45) is 39.6 Å². The number of nitrogens with one attached hydrogen (secondary N) is 6. The fourth-order valence-corrected chi connectivity index (χ4v) is 6.56. The van der Waals surface area contributed by atoms with Crippen LogP contribution in [-0.2, 0) is 54.4 Å². The van der Waals surface area contributed by atoms with E-state index in [-0.39, 0.29) is 75.7 Å².